The first kappa shape index (κ1) is 16.5. The number of aliphatic carboxylic acids is 1. The molecule has 112 valence electrons. The van der Waals surface area contributed by atoms with E-state index in [2.05, 4.69) is 4.72 Å². The molecule has 7 heteroatoms. The number of carbonyl (C=O) groups is 1. The van der Waals surface area contributed by atoms with Gasteiger partial charge in [-0.15, -0.1) is 0 Å². The van der Waals surface area contributed by atoms with Gasteiger partial charge in [0.25, 0.3) is 0 Å². The van der Waals surface area contributed by atoms with Crippen molar-refractivity contribution in [2.24, 2.45) is 0 Å². The number of aryl methyl sites for hydroxylation is 1. The van der Waals surface area contributed by atoms with Crippen molar-refractivity contribution >= 4 is 16.0 Å². The third-order valence-electron chi connectivity index (χ3n) is 2.84. The van der Waals surface area contributed by atoms with Crippen LogP contribution in [0.25, 0.3) is 0 Å². The Morgan fingerprint density at radius 3 is 2.60 bits per heavy atom. The fourth-order valence-corrected chi connectivity index (χ4v) is 3.33. The first-order valence-corrected chi connectivity index (χ1v) is 7.67. The van der Waals surface area contributed by atoms with E-state index in [1.165, 1.54) is 13.2 Å². The van der Waals surface area contributed by atoms with Crippen LogP contribution < -0.4 is 9.46 Å². The molecular formula is C13H19NO5S. The van der Waals surface area contributed by atoms with E-state index in [1.54, 1.807) is 26.0 Å². The maximum Gasteiger partial charge on any atom is 0.304 e. The molecule has 0 bridgehead atoms. The average Bonchev–Trinajstić information content (AvgIpc) is 2.37. The van der Waals surface area contributed by atoms with Crippen LogP contribution in [0.3, 0.4) is 0 Å². The Morgan fingerprint density at radius 1 is 1.45 bits per heavy atom. The van der Waals surface area contributed by atoms with Gasteiger partial charge in [-0.05, 0) is 31.0 Å². The molecule has 1 unspecified atom stereocenters. The molecule has 0 aliphatic rings. The van der Waals surface area contributed by atoms with Crippen molar-refractivity contribution in [3.05, 3.63) is 23.8 Å². The van der Waals surface area contributed by atoms with Gasteiger partial charge in [0, 0.05) is 6.04 Å². The third kappa shape index (κ3) is 4.21. The van der Waals surface area contributed by atoms with Gasteiger partial charge in [-0.2, -0.15) is 0 Å². The number of hydrogen-bond donors (Lipinski definition) is 2. The summed E-state index contributed by atoms with van der Waals surface area (Å²) >= 11 is 0. The van der Waals surface area contributed by atoms with Crippen LogP contribution in [0, 0.1) is 6.92 Å². The monoisotopic (exact) mass is 301 g/mol. The van der Waals surface area contributed by atoms with Gasteiger partial charge in [-0.3, -0.25) is 4.79 Å². The number of ether oxygens (including phenoxy) is 1. The van der Waals surface area contributed by atoms with E-state index in [9.17, 15) is 13.2 Å². The zero-order valence-corrected chi connectivity index (χ0v) is 12.5. The lowest BCUT2D eigenvalue weighted by Gasteiger charge is -2.17. The highest BCUT2D eigenvalue weighted by Crippen LogP contribution is 2.25. The maximum absolute atomic E-state index is 12.3. The van der Waals surface area contributed by atoms with Gasteiger partial charge >= 0.3 is 5.97 Å². The Balaban J connectivity index is 3.10. The molecule has 1 aromatic carbocycles. The van der Waals surface area contributed by atoms with Crippen LogP contribution in [0.1, 0.15) is 25.3 Å². The van der Waals surface area contributed by atoms with Crippen molar-refractivity contribution in [2.75, 3.05) is 7.11 Å². The third-order valence-corrected chi connectivity index (χ3v) is 4.39. The van der Waals surface area contributed by atoms with Gasteiger partial charge in [0.2, 0.25) is 10.0 Å². The quantitative estimate of drug-likeness (QED) is 0.797. The van der Waals surface area contributed by atoms with Crippen LogP contribution in [-0.4, -0.2) is 32.6 Å². The van der Waals surface area contributed by atoms with Gasteiger partial charge in [-0.25, -0.2) is 13.1 Å². The molecule has 0 spiro atoms. The Morgan fingerprint density at radius 2 is 2.10 bits per heavy atom. The number of carboxylic acids is 1. The van der Waals surface area contributed by atoms with E-state index in [4.69, 9.17) is 9.84 Å². The molecule has 1 rings (SSSR count). The molecule has 0 radical (unpaired) electrons. The highest BCUT2D eigenvalue weighted by molar-refractivity contribution is 7.89. The molecule has 0 fully saturated rings. The molecule has 1 atom stereocenters. The van der Waals surface area contributed by atoms with Crippen LogP contribution in [0.5, 0.6) is 5.75 Å². The summed E-state index contributed by atoms with van der Waals surface area (Å²) in [5.41, 5.74) is 0.775. The number of benzene rings is 1. The summed E-state index contributed by atoms with van der Waals surface area (Å²) in [4.78, 5) is 10.7. The number of nitrogens with one attached hydrogen (secondary N) is 1. The second-order valence-corrected chi connectivity index (χ2v) is 6.16. The molecule has 20 heavy (non-hydrogen) atoms. The summed E-state index contributed by atoms with van der Waals surface area (Å²) in [6.45, 7) is 3.50. The lowest BCUT2D eigenvalue weighted by molar-refractivity contribution is -0.137. The SMILES string of the molecule is CCC(CC(=O)O)NS(=O)(=O)c1cc(C)ccc1OC. The van der Waals surface area contributed by atoms with Crippen molar-refractivity contribution < 1.29 is 23.1 Å². The Hall–Kier alpha value is -1.60. The predicted molar refractivity (Wildman–Crippen MR) is 74.4 cm³/mol. The van der Waals surface area contributed by atoms with Crippen molar-refractivity contribution in [3.63, 3.8) is 0 Å². The second kappa shape index (κ2) is 6.71. The fourth-order valence-electron chi connectivity index (χ4n) is 1.76. The Kier molecular flexibility index (Phi) is 5.52. The summed E-state index contributed by atoms with van der Waals surface area (Å²) in [5, 5.41) is 8.77. The number of hydrogen-bond acceptors (Lipinski definition) is 4. The Labute approximate surface area is 118 Å². The molecule has 0 aromatic heterocycles. The number of methoxy groups -OCH3 is 1. The van der Waals surface area contributed by atoms with Crippen LogP contribution in [0.2, 0.25) is 0 Å². The largest absolute Gasteiger partial charge is 0.495 e. The molecular weight excluding hydrogens is 282 g/mol. The summed E-state index contributed by atoms with van der Waals surface area (Å²) in [6.07, 6.45) is 0.128. The van der Waals surface area contributed by atoms with E-state index in [0.29, 0.717) is 6.42 Å². The van der Waals surface area contributed by atoms with Crippen molar-refractivity contribution in [1.29, 1.82) is 0 Å². The summed E-state index contributed by atoms with van der Waals surface area (Å²) in [7, 11) is -2.43. The molecule has 0 aliphatic carbocycles. The number of carboxylic acid groups (broad SMARTS) is 1. The first-order valence-electron chi connectivity index (χ1n) is 6.19. The van der Waals surface area contributed by atoms with Crippen LogP contribution >= 0.6 is 0 Å². The molecule has 0 saturated carbocycles. The minimum Gasteiger partial charge on any atom is -0.495 e. The minimum absolute atomic E-state index is 0.0174. The summed E-state index contributed by atoms with van der Waals surface area (Å²) in [5.74, 6) is -0.816. The van der Waals surface area contributed by atoms with Gasteiger partial charge in [0.15, 0.2) is 0 Å². The zero-order chi connectivity index (χ0) is 15.3. The fraction of sp³-hybridized carbons (Fsp3) is 0.462. The molecule has 6 nitrogen and oxygen atoms in total. The smallest absolute Gasteiger partial charge is 0.304 e. The molecule has 0 heterocycles. The molecule has 0 aliphatic heterocycles. The molecule has 0 amide bonds. The van der Waals surface area contributed by atoms with Gasteiger partial charge in [0.1, 0.15) is 10.6 Å². The Bertz CT molecular complexity index is 582. The van der Waals surface area contributed by atoms with Crippen molar-refractivity contribution in [2.45, 2.75) is 37.6 Å². The van der Waals surface area contributed by atoms with Gasteiger partial charge < -0.3 is 9.84 Å². The lowest BCUT2D eigenvalue weighted by atomic mass is 10.2. The number of rotatable bonds is 7. The average molecular weight is 301 g/mol. The van der Waals surface area contributed by atoms with Crippen LogP contribution in [-0.2, 0) is 14.8 Å². The standard InChI is InChI=1S/C13H19NO5S/c1-4-10(8-13(15)16)14-20(17,18)12-7-9(2)5-6-11(12)19-3/h5-7,10,14H,4,8H2,1-3H3,(H,15,16). The topological polar surface area (TPSA) is 92.7 Å². The van der Waals surface area contributed by atoms with Crippen molar-refractivity contribution in [3.8, 4) is 5.75 Å². The van der Waals surface area contributed by atoms with Gasteiger partial charge in [0.05, 0.1) is 13.5 Å². The van der Waals surface area contributed by atoms with Crippen LogP contribution in [0.4, 0.5) is 0 Å². The van der Waals surface area contributed by atoms with E-state index in [-0.39, 0.29) is 17.1 Å². The summed E-state index contributed by atoms with van der Waals surface area (Å²) in [6, 6.07) is 4.16. The zero-order valence-electron chi connectivity index (χ0n) is 11.7. The van der Waals surface area contributed by atoms with Crippen molar-refractivity contribution in [1.82, 2.24) is 4.72 Å². The van der Waals surface area contributed by atoms with Gasteiger partial charge in [-0.1, -0.05) is 13.0 Å². The molecule has 1 aromatic rings. The molecule has 2 N–H and O–H groups in total. The maximum atomic E-state index is 12.3. The highest BCUT2D eigenvalue weighted by Gasteiger charge is 2.24. The molecule has 0 saturated heterocycles. The lowest BCUT2D eigenvalue weighted by Crippen LogP contribution is -2.36. The second-order valence-electron chi connectivity index (χ2n) is 4.48. The minimum atomic E-state index is -3.82. The first-order chi connectivity index (χ1) is 9.30. The van der Waals surface area contributed by atoms with E-state index in [0.717, 1.165) is 5.56 Å². The number of sulfonamides is 1. The van der Waals surface area contributed by atoms with Crippen LogP contribution in [0.15, 0.2) is 23.1 Å². The normalized spacial score (nSPS) is 12.9. The summed E-state index contributed by atoms with van der Waals surface area (Å²) < 4.78 is 32.1. The van der Waals surface area contributed by atoms with E-state index >= 15 is 0 Å². The van der Waals surface area contributed by atoms with E-state index < -0.39 is 22.0 Å². The van der Waals surface area contributed by atoms with E-state index in [1.807, 2.05) is 0 Å². The highest BCUT2D eigenvalue weighted by atomic mass is 32.2. The predicted octanol–water partition coefficient (Wildman–Crippen LogP) is 1.54.